The molecule has 1 heterocycles. The molecule has 1 aliphatic heterocycles. The van der Waals surface area contributed by atoms with E-state index in [0.717, 1.165) is 25.2 Å². The van der Waals surface area contributed by atoms with E-state index in [-0.39, 0.29) is 5.82 Å². The van der Waals surface area contributed by atoms with Crippen molar-refractivity contribution in [2.45, 2.75) is 12.5 Å². The van der Waals surface area contributed by atoms with E-state index >= 15 is 0 Å². The highest BCUT2D eigenvalue weighted by Gasteiger charge is 2.42. The van der Waals surface area contributed by atoms with Gasteiger partial charge >= 0.3 is 0 Å². The van der Waals surface area contributed by atoms with Gasteiger partial charge in [0.2, 0.25) is 0 Å². The van der Waals surface area contributed by atoms with Crippen LogP contribution in [0.1, 0.15) is 22.6 Å². The lowest BCUT2D eigenvalue weighted by Crippen LogP contribution is -2.21. The highest BCUT2D eigenvalue weighted by Crippen LogP contribution is 2.49. The largest absolute Gasteiger partial charge is 0.298 e. The minimum Gasteiger partial charge on any atom is -0.298 e. The summed E-state index contributed by atoms with van der Waals surface area (Å²) in [6.45, 7) is 7.24. The van der Waals surface area contributed by atoms with Crippen molar-refractivity contribution in [3.63, 3.8) is 0 Å². The van der Waals surface area contributed by atoms with Gasteiger partial charge in [-0.15, -0.1) is 0 Å². The second kappa shape index (κ2) is 4.81. The maximum Gasteiger partial charge on any atom is 0.123 e. The van der Waals surface area contributed by atoms with Crippen LogP contribution in [0.2, 0.25) is 0 Å². The Labute approximate surface area is 124 Å². The molecule has 2 aliphatic rings. The van der Waals surface area contributed by atoms with E-state index in [1.807, 2.05) is 12.1 Å². The van der Waals surface area contributed by atoms with E-state index in [2.05, 4.69) is 35.7 Å². The number of fused-ring (bicyclic) bond motifs is 3. The number of hydrogen-bond donors (Lipinski definition) is 0. The highest BCUT2D eigenvalue weighted by molar-refractivity contribution is 5.75. The fourth-order valence-corrected chi connectivity index (χ4v) is 3.86. The predicted octanol–water partition coefficient (Wildman–Crippen LogP) is 4.07. The van der Waals surface area contributed by atoms with Crippen LogP contribution in [0.3, 0.4) is 0 Å². The number of likely N-dealkylation sites (tertiary alicyclic amines) is 1. The minimum absolute atomic E-state index is 0.135. The van der Waals surface area contributed by atoms with E-state index in [4.69, 9.17) is 0 Å². The molecule has 1 saturated heterocycles. The molecule has 0 N–H and O–H groups in total. The number of halogens is 1. The zero-order chi connectivity index (χ0) is 14.4. The zero-order valence-corrected chi connectivity index (χ0v) is 11.9. The number of rotatable bonds is 2. The quantitative estimate of drug-likeness (QED) is 0.801. The van der Waals surface area contributed by atoms with E-state index < -0.39 is 0 Å². The van der Waals surface area contributed by atoms with Gasteiger partial charge in [0, 0.05) is 31.5 Å². The smallest absolute Gasteiger partial charge is 0.123 e. The lowest BCUT2D eigenvalue weighted by Gasteiger charge is -2.17. The summed E-state index contributed by atoms with van der Waals surface area (Å²) in [6.07, 6.45) is 0. The summed E-state index contributed by atoms with van der Waals surface area (Å²) < 4.78 is 13.5. The van der Waals surface area contributed by atoms with Crippen LogP contribution in [0, 0.1) is 11.7 Å². The molecular weight excluding hydrogens is 261 g/mol. The Hall–Kier alpha value is -1.93. The third-order valence-electron chi connectivity index (χ3n) is 4.85. The topological polar surface area (TPSA) is 3.24 Å². The maximum absolute atomic E-state index is 13.5. The molecule has 0 radical (unpaired) electrons. The average Bonchev–Trinajstić information content (AvgIpc) is 3.00. The van der Waals surface area contributed by atoms with Crippen molar-refractivity contribution in [3.8, 4) is 0 Å². The van der Waals surface area contributed by atoms with Crippen molar-refractivity contribution in [2.24, 2.45) is 5.92 Å². The summed E-state index contributed by atoms with van der Waals surface area (Å²) in [5.41, 5.74) is 4.85. The number of benzene rings is 2. The van der Waals surface area contributed by atoms with Gasteiger partial charge < -0.3 is 0 Å². The third-order valence-corrected chi connectivity index (χ3v) is 4.85. The van der Waals surface area contributed by atoms with Crippen LogP contribution >= 0.6 is 0 Å². The monoisotopic (exact) mass is 279 g/mol. The van der Waals surface area contributed by atoms with Gasteiger partial charge in [-0.1, -0.05) is 43.0 Å². The molecule has 1 aliphatic carbocycles. The lowest BCUT2D eigenvalue weighted by molar-refractivity contribution is 0.321. The highest BCUT2D eigenvalue weighted by atomic mass is 19.1. The summed E-state index contributed by atoms with van der Waals surface area (Å²) in [4.78, 5) is 2.46. The van der Waals surface area contributed by atoms with E-state index in [9.17, 15) is 4.39 Å². The fourth-order valence-electron chi connectivity index (χ4n) is 3.86. The SMILES string of the molecule is C=C1c2ccc(F)cc2C2CN(Cc3ccccc3)CC12. The average molecular weight is 279 g/mol. The molecule has 106 valence electrons. The van der Waals surface area contributed by atoms with Crippen LogP contribution in [-0.2, 0) is 6.54 Å². The van der Waals surface area contributed by atoms with Crippen LogP contribution in [0.5, 0.6) is 0 Å². The molecule has 2 unspecified atom stereocenters. The van der Waals surface area contributed by atoms with Gasteiger partial charge in [0.15, 0.2) is 0 Å². The molecule has 2 atom stereocenters. The van der Waals surface area contributed by atoms with Crippen LogP contribution in [-0.4, -0.2) is 18.0 Å². The van der Waals surface area contributed by atoms with E-state index in [0.29, 0.717) is 11.8 Å². The van der Waals surface area contributed by atoms with Crippen molar-refractivity contribution >= 4 is 5.57 Å². The van der Waals surface area contributed by atoms with Gasteiger partial charge in [-0.3, -0.25) is 4.90 Å². The predicted molar refractivity (Wildman–Crippen MR) is 83.4 cm³/mol. The van der Waals surface area contributed by atoms with Crippen molar-refractivity contribution < 1.29 is 4.39 Å². The molecule has 2 aromatic carbocycles. The molecule has 1 nitrogen and oxygen atoms in total. The Morgan fingerprint density at radius 3 is 2.62 bits per heavy atom. The molecule has 21 heavy (non-hydrogen) atoms. The Morgan fingerprint density at radius 2 is 1.81 bits per heavy atom. The second-order valence-corrected chi connectivity index (χ2v) is 6.15. The van der Waals surface area contributed by atoms with Crippen LogP contribution in [0.15, 0.2) is 55.1 Å². The third kappa shape index (κ3) is 2.11. The molecule has 4 rings (SSSR count). The number of hydrogen-bond acceptors (Lipinski definition) is 1. The van der Waals surface area contributed by atoms with Gasteiger partial charge in [0.25, 0.3) is 0 Å². The normalized spacial score (nSPS) is 24.1. The minimum atomic E-state index is -0.135. The first-order valence-electron chi connectivity index (χ1n) is 7.47. The van der Waals surface area contributed by atoms with E-state index in [1.165, 1.54) is 16.7 Å². The van der Waals surface area contributed by atoms with Crippen LogP contribution < -0.4 is 0 Å². The first-order chi connectivity index (χ1) is 10.2. The van der Waals surface area contributed by atoms with Gasteiger partial charge in [0.05, 0.1) is 0 Å². The molecule has 0 saturated carbocycles. The Balaban J connectivity index is 1.58. The molecule has 0 spiro atoms. The summed E-state index contributed by atoms with van der Waals surface area (Å²) in [5, 5.41) is 0. The summed E-state index contributed by atoms with van der Waals surface area (Å²) in [6, 6.07) is 15.7. The Morgan fingerprint density at radius 1 is 1.05 bits per heavy atom. The van der Waals surface area contributed by atoms with Crippen LogP contribution in [0.4, 0.5) is 4.39 Å². The second-order valence-electron chi connectivity index (χ2n) is 6.15. The Bertz CT molecular complexity index is 692. The molecule has 0 bridgehead atoms. The Kier molecular flexibility index (Phi) is 2.93. The fraction of sp³-hybridized carbons (Fsp3) is 0.263. The molecule has 0 amide bonds. The maximum atomic E-state index is 13.5. The van der Waals surface area contributed by atoms with Crippen molar-refractivity contribution in [1.29, 1.82) is 0 Å². The van der Waals surface area contributed by atoms with E-state index in [1.54, 1.807) is 12.1 Å². The van der Waals surface area contributed by atoms with Crippen molar-refractivity contribution in [2.75, 3.05) is 13.1 Å². The standard InChI is InChI=1S/C19H18FN/c1-13-16-8-7-15(20)9-17(16)19-12-21(11-18(13)19)10-14-5-3-2-4-6-14/h2-9,18-19H,1,10-12H2. The summed E-state index contributed by atoms with van der Waals surface area (Å²) >= 11 is 0. The molecule has 2 heteroatoms. The lowest BCUT2D eigenvalue weighted by atomic mass is 9.95. The molecule has 2 aromatic rings. The summed E-state index contributed by atoms with van der Waals surface area (Å²) in [7, 11) is 0. The first kappa shape index (κ1) is 12.8. The van der Waals surface area contributed by atoms with Crippen molar-refractivity contribution in [3.05, 3.63) is 77.6 Å². The number of nitrogens with zero attached hydrogens (tertiary/aromatic N) is 1. The van der Waals surface area contributed by atoms with Gasteiger partial charge in [-0.25, -0.2) is 4.39 Å². The summed E-state index contributed by atoms with van der Waals surface area (Å²) in [5.74, 6) is 0.723. The van der Waals surface area contributed by atoms with Crippen molar-refractivity contribution in [1.82, 2.24) is 4.90 Å². The van der Waals surface area contributed by atoms with Crippen LogP contribution in [0.25, 0.3) is 5.57 Å². The molecule has 1 fully saturated rings. The molecular formula is C19H18FN. The molecule has 0 aromatic heterocycles. The zero-order valence-electron chi connectivity index (χ0n) is 11.9. The van der Waals surface area contributed by atoms with Gasteiger partial charge in [0.1, 0.15) is 5.82 Å². The van der Waals surface area contributed by atoms with Gasteiger partial charge in [-0.2, -0.15) is 0 Å². The van der Waals surface area contributed by atoms with Gasteiger partial charge in [-0.05, 0) is 34.4 Å². The first-order valence-corrected chi connectivity index (χ1v) is 7.47.